The molecule has 1 N–H and O–H groups in total. The zero-order valence-electron chi connectivity index (χ0n) is 10.9. The van der Waals surface area contributed by atoms with E-state index < -0.39 is 0 Å². The second-order valence-corrected chi connectivity index (χ2v) is 4.61. The standard InChI is InChI=1S/C14H15ClN2O2/c1-3-4-13-16-11(8-14(18)17-13)10-7-9(15)5-6-12(10)19-2/h5-8H,3-4H2,1-2H3,(H,16,17,18). The van der Waals surface area contributed by atoms with Gasteiger partial charge in [-0.1, -0.05) is 18.5 Å². The number of halogens is 1. The number of benzene rings is 1. The van der Waals surface area contributed by atoms with Crippen LogP contribution in [0.25, 0.3) is 11.3 Å². The smallest absolute Gasteiger partial charge is 0.251 e. The molecule has 0 saturated carbocycles. The third-order valence-corrected chi connectivity index (χ3v) is 2.95. The number of rotatable bonds is 4. The van der Waals surface area contributed by atoms with E-state index in [9.17, 15) is 4.79 Å². The van der Waals surface area contributed by atoms with Crippen LogP contribution in [0.15, 0.2) is 29.1 Å². The van der Waals surface area contributed by atoms with Crippen molar-refractivity contribution in [3.63, 3.8) is 0 Å². The third kappa shape index (κ3) is 3.15. The Morgan fingerprint density at radius 2 is 2.16 bits per heavy atom. The van der Waals surface area contributed by atoms with E-state index in [4.69, 9.17) is 16.3 Å². The van der Waals surface area contributed by atoms with Crippen LogP contribution in [0.1, 0.15) is 19.2 Å². The summed E-state index contributed by atoms with van der Waals surface area (Å²) in [6.45, 7) is 2.03. The quantitative estimate of drug-likeness (QED) is 0.935. The molecule has 0 aliphatic heterocycles. The molecule has 0 saturated heterocycles. The minimum Gasteiger partial charge on any atom is -0.496 e. The largest absolute Gasteiger partial charge is 0.496 e. The molecule has 1 aromatic carbocycles. The number of aromatic nitrogens is 2. The normalized spacial score (nSPS) is 10.5. The van der Waals surface area contributed by atoms with Crippen LogP contribution in [0.2, 0.25) is 5.02 Å². The fourth-order valence-corrected chi connectivity index (χ4v) is 2.05. The lowest BCUT2D eigenvalue weighted by Crippen LogP contribution is -2.11. The Morgan fingerprint density at radius 3 is 2.84 bits per heavy atom. The summed E-state index contributed by atoms with van der Waals surface area (Å²) < 4.78 is 5.28. The van der Waals surface area contributed by atoms with E-state index in [2.05, 4.69) is 9.97 Å². The minimum atomic E-state index is -0.171. The maximum Gasteiger partial charge on any atom is 0.251 e. The molecule has 1 aromatic heterocycles. The van der Waals surface area contributed by atoms with Crippen molar-refractivity contribution in [2.45, 2.75) is 19.8 Å². The molecule has 2 rings (SSSR count). The lowest BCUT2D eigenvalue weighted by molar-refractivity contribution is 0.416. The van der Waals surface area contributed by atoms with Crippen LogP contribution in [-0.4, -0.2) is 17.1 Å². The summed E-state index contributed by atoms with van der Waals surface area (Å²) in [7, 11) is 1.58. The van der Waals surface area contributed by atoms with Crippen molar-refractivity contribution in [2.75, 3.05) is 7.11 Å². The Morgan fingerprint density at radius 1 is 1.37 bits per heavy atom. The lowest BCUT2D eigenvalue weighted by atomic mass is 10.1. The van der Waals surface area contributed by atoms with E-state index in [1.54, 1.807) is 25.3 Å². The van der Waals surface area contributed by atoms with Crippen LogP contribution < -0.4 is 10.3 Å². The molecule has 0 amide bonds. The molecule has 0 aliphatic rings. The molecule has 0 unspecified atom stereocenters. The molecule has 0 aliphatic carbocycles. The van der Waals surface area contributed by atoms with Gasteiger partial charge in [0.2, 0.25) is 0 Å². The van der Waals surface area contributed by atoms with Gasteiger partial charge in [-0.2, -0.15) is 0 Å². The number of hydrogen-bond donors (Lipinski definition) is 1. The SMILES string of the molecule is CCCc1nc(-c2cc(Cl)ccc2OC)cc(=O)[nH]1. The Hall–Kier alpha value is -1.81. The fraction of sp³-hybridized carbons (Fsp3) is 0.286. The molecule has 0 spiro atoms. The van der Waals surface area contributed by atoms with E-state index >= 15 is 0 Å². The molecule has 0 fully saturated rings. The fourth-order valence-electron chi connectivity index (χ4n) is 1.88. The molecule has 2 aromatic rings. The van der Waals surface area contributed by atoms with Gasteiger partial charge in [-0.15, -0.1) is 0 Å². The molecule has 5 heteroatoms. The summed E-state index contributed by atoms with van der Waals surface area (Å²) in [5, 5.41) is 0.579. The van der Waals surface area contributed by atoms with Crippen molar-refractivity contribution in [2.24, 2.45) is 0 Å². The van der Waals surface area contributed by atoms with Crippen LogP contribution in [0.3, 0.4) is 0 Å². The second-order valence-electron chi connectivity index (χ2n) is 4.17. The molecule has 0 atom stereocenters. The van der Waals surface area contributed by atoms with Crippen molar-refractivity contribution in [3.8, 4) is 17.0 Å². The molecular weight excluding hydrogens is 264 g/mol. The average molecular weight is 279 g/mol. The Balaban J connectivity index is 2.57. The molecule has 1 heterocycles. The van der Waals surface area contributed by atoms with E-state index in [1.165, 1.54) is 6.07 Å². The highest BCUT2D eigenvalue weighted by Gasteiger charge is 2.10. The Labute approximate surface area is 116 Å². The monoisotopic (exact) mass is 278 g/mol. The molecule has 4 nitrogen and oxygen atoms in total. The lowest BCUT2D eigenvalue weighted by Gasteiger charge is -2.09. The number of nitrogens with zero attached hydrogens (tertiary/aromatic N) is 1. The van der Waals surface area contributed by atoms with E-state index in [1.807, 2.05) is 6.92 Å². The maximum absolute atomic E-state index is 11.7. The summed E-state index contributed by atoms with van der Waals surface area (Å²) >= 11 is 6.00. The van der Waals surface area contributed by atoms with Gasteiger partial charge in [0.1, 0.15) is 11.6 Å². The summed E-state index contributed by atoms with van der Waals surface area (Å²) in [5.41, 5.74) is 1.13. The average Bonchev–Trinajstić information content (AvgIpc) is 2.38. The number of methoxy groups -OCH3 is 1. The number of nitrogens with one attached hydrogen (secondary N) is 1. The first-order valence-corrected chi connectivity index (χ1v) is 6.46. The number of hydrogen-bond acceptors (Lipinski definition) is 3. The van der Waals surface area contributed by atoms with Gasteiger partial charge in [-0.05, 0) is 24.6 Å². The maximum atomic E-state index is 11.7. The predicted octanol–water partition coefficient (Wildman–Crippen LogP) is 3.05. The zero-order chi connectivity index (χ0) is 13.8. The number of aryl methyl sites for hydroxylation is 1. The van der Waals surface area contributed by atoms with Crippen molar-refractivity contribution >= 4 is 11.6 Å². The number of aromatic amines is 1. The highest BCUT2D eigenvalue weighted by atomic mass is 35.5. The van der Waals surface area contributed by atoms with Crippen LogP contribution in [0.4, 0.5) is 0 Å². The molecule has 0 radical (unpaired) electrons. The second kappa shape index (κ2) is 5.89. The Bertz CT molecular complexity index is 638. The van der Waals surface area contributed by atoms with Gasteiger partial charge >= 0.3 is 0 Å². The van der Waals surface area contributed by atoms with Gasteiger partial charge in [0.25, 0.3) is 5.56 Å². The molecule has 100 valence electrons. The van der Waals surface area contributed by atoms with Crippen LogP contribution in [0, 0.1) is 0 Å². The van der Waals surface area contributed by atoms with Crippen molar-refractivity contribution in [1.82, 2.24) is 9.97 Å². The molecule has 0 bridgehead atoms. The molecular formula is C14H15ClN2O2. The summed E-state index contributed by atoms with van der Waals surface area (Å²) in [4.78, 5) is 18.9. The van der Waals surface area contributed by atoms with Gasteiger partial charge in [-0.3, -0.25) is 4.79 Å². The summed E-state index contributed by atoms with van der Waals surface area (Å²) in [6.07, 6.45) is 1.64. The number of H-pyrrole nitrogens is 1. The minimum absolute atomic E-state index is 0.171. The highest BCUT2D eigenvalue weighted by molar-refractivity contribution is 6.30. The first-order valence-electron chi connectivity index (χ1n) is 6.08. The first kappa shape index (κ1) is 13.6. The summed E-state index contributed by atoms with van der Waals surface area (Å²) in [5.74, 6) is 1.32. The van der Waals surface area contributed by atoms with Gasteiger partial charge < -0.3 is 9.72 Å². The van der Waals surface area contributed by atoms with E-state index in [0.29, 0.717) is 22.3 Å². The Kier molecular flexibility index (Phi) is 4.22. The van der Waals surface area contributed by atoms with E-state index in [-0.39, 0.29) is 5.56 Å². The summed E-state index contributed by atoms with van der Waals surface area (Å²) in [6, 6.07) is 6.70. The zero-order valence-corrected chi connectivity index (χ0v) is 11.6. The van der Waals surface area contributed by atoms with Crippen LogP contribution in [-0.2, 0) is 6.42 Å². The topological polar surface area (TPSA) is 55.0 Å². The van der Waals surface area contributed by atoms with Crippen molar-refractivity contribution in [3.05, 3.63) is 45.5 Å². The van der Waals surface area contributed by atoms with Gasteiger partial charge in [0.05, 0.1) is 12.8 Å². The van der Waals surface area contributed by atoms with Gasteiger partial charge in [0.15, 0.2) is 0 Å². The van der Waals surface area contributed by atoms with E-state index in [0.717, 1.165) is 18.4 Å². The van der Waals surface area contributed by atoms with Gasteiger partial charge in [0, 0.05) is 23.1 Å². The third-order valence-electron chi connectivity index (χ3n) is 2.71. The molecule has 19 heavy (non-hydrogen) atoms. The van der Waals surface area contributed by atoms with Crippen molar-refractivity contribution < 1.29 is 4.74 Å². The van der Waals surface area contributed by atoms with Crippen LogP contribution >= 0.6 is 11.6 Å². The first-order chi connectivity index (χ1) is 9.13. The number of ether oxygens (including phenoxy) is 1. The highest BCUT2D eigenvalue weighted by Crippen LogP contribution is 2.30. The van der Waals surface area contributed by atoms with Gasteiger partial charge in [-0.25, -0.2) is 4.98 Å². The predicted molar refractivity (Wildman–Crippen MR) is 75.9 cm³/mol. The van der Waals surface area contributed by atoms with Crippen molar-refractivity contribution in [1.29, 1.82) is 0 Å². The van der Waals surface area contributed by atoms with Crippen LogP contribution in [0.5, 0.6) is 5.75 Å².